The maximum atomic E-state index is 13.6. The molecule has 0 heterocycles. The number of hydrogen-bond donors (Lipinski definition) is 3. The average Bonchev–Trinajstić information content (AvgIpc) is 3.07. The van der Waals surface area contributed by atoms with Gasteiger partial charge in [0.1, 0.15) is 10.9 Å². The van der Waals surface area contributed by atoms with E-state index in [4.69, 9.17) is 11.6 Å². The molecule has 0 aliphatic carbocycles. The molecule has 1 unspecified atom stereocenters. The molecule has 0 aliphatic rings. The van der Waals surface area contributed by atoms with Crippen molar-refractivity contribution in [3.8, 4) is 0 Å². The van der Waals surface area contributed by atoms with Gasteiger partial charge in [0.25, 0.3) is 11.8 Å². The zero-order chi connectivity index (χ0) is 32.5. The van der Waals surface area contributed by atoms with Gasteiger partial charge in [-0.15, -0.1) is 11.8 Å². The minimum Gasteiger partial charge on any atom is -0.325 e. The monoisotopic (exact) mass is 645 g/mol. The summed E-state index contributed by atoms with van der Waals surface area (Å²) >= 11 is 7.68. The zero-order valence-electron chi connectivity index (χ0n) is 25.3. The first-order valence-corrected chi connectivity index (χ1v) is 15.9. The first-order valence-electron chi connectivity index (χ1n) is 14.6. The van der Waals surface area contributed by atoms with E-state index in [1.807, 2.05) is 92.7 Å². The normalized spacial score (nSPS) is 11.8. The fourth-order valence-corrected chi connectivity index (χ4v) is 5.86. The summed E-state index contributed by atoms with van der Waals surface area (Å²) in [6.07, 6.45) is 1.65. The van der Waals surface area contributed by atoms with Crippen molar-refractivity contribution in [2.24, 2.45) is 0 Å². The van der Waals surface area contributed by atoms with Crippen LogP contribution in [-0.2, 0) is 9.59 Å². The van der Waals surface area contributed by atoms with Gasteiger partial charge in [-0.1, -0.05) is 96.0 Å². The van der Waals surface area contributed by atoms with Gasteiger partial charge in [0.05, 0.1) is 0 Å². The molecule has 46 heavy (non-hydrogen) atoms. The summed E-state index contributed by atoms with van der Waals surface area (Å²) in [6, 6.07) is 38.6. The molecule has 230 valence electrons. The Labute approximate surface area is 277 Å². The highest BCUT2D eigenvalue weighted by Crippen LogP contribution is 2.37. The third kappa shape index (κ3) is 8.53. The van der Waals surface area contributed by atoms with Crippen molar-refractivity contribution in [1.82, 2.24) is 5.32 Å². The number of rotatable bonds is 10. The molecule has 6 nitrogen and oxygen atoms in total. The summed E-state index contributed by atoms with van der Waals surface area (Å²) in [5.74, 6) is -1.04. The van der Waals surface area contributed by atoms with Gasteiger partial charge in [0.15, 0.2) is 0 Å². The van der Waals surface area contributed by atoms with Gasteiger partial charge in [-0.25, -0.2) is 0 Å². The lowest BCUT2D eigenvalue weighted by atomic mass is 10.1. The van der Waals surface area contributed by atoms with Crippen molar-refractivity contribution in [3.05, 3.63) is 166 Å². The lowest BCUT2D eigenvalue weighted by molar-refractivity contribution is -0.116. The fourth-order valence-electron chi connectivity index (χ4n) is 4.66. The lowest BCUT2D eigenvalue weighted by Gasteiger charge is -2.18. The largest absolute Gasteiger partial charge is 0.325 e. The quantitative estimate of drug-likeness (QED) is 0.105. The molecular formula is C38H32ClN3O3S. The number of carbonyl (C=O) groups is 3. The molecule has 0 bridgehead atoms. The van der Waals surface area contributed by atoms with Crippen molar-refractivity contribution in [1.29, 1.82) is 0 Å². The number of nitrogens with one attached hydrogen (secondary N) is 3. The van der Waals surface area contributed by atoms with Gasteiger partial charge in [-0.3, -0.25) is 14.4 Å². The van der Waals surface area contributed by atoms with Crippen LogP contribution in [0.5, 0.6) is 0 Å². The van der Waals surface area contributed by atoms with E-state index in [0.717, 1.165) is 27.1 Å². The average molecular weight is 646 g/mol. The Morgan fingerprint density at radius 1 is 0.739 bits per heavy atom. The van der Waals surface area contributed by atoms with Crippen LogP contribution in [0.2, 0.25) is 5.02 Å². The molecule has 0 saturated heterocycles. The Morgan fingerprint density at radius 3 is 2.11 bits per heavy atom. The molecule has 3 N–H and O–H groups in total. The van der Waals surface area contributed by atoms with Crippen LogP contribution in [0, 0.1) is 13.8 Å². The van der Waals surface area contributed by atoms with Gasteiger partial charge in [0, 0.05) is 26.9 Å². The number of hydrogen-bond acceptors (Lipinski definition) is 4. The zero-order valence-corrected chi connectivity index (χ0v) is 26.9. The maximum Gasteiger partial charge on any atom is 0.272 e. The van der Waals surface area contributed by atoms with Crippen LogP contribution in [-0.4, -0.2) is 17.7 Å². The van der Waals surface area contributed by atoms with E-state index in [9.17, 15) is 14.4 Å². The molecule has 0 aromatic heterocycles. The SMILES string of the molecule is Cc1cccc(/C=C(\NC(=O)c2ccccc2)C(=O)Nc2ccc(SC(C(=O)Nc3cccc(Cl)c3C)c3ccccc3)cc2)c1. The Morgan fingerprint density at radius 2 is 1.41 bits per heavy atom. The van der Waals surface area contributed by atoms with Crippen LogP contribution >= 0.6 is 23.4 Å². The third-order valence-corrected chi connectivity index (χ3v) is 8.79. The second-order valence-corrected chi connectivity index (χ2v) is 12.2. The number of thioether (sulfide) groups is 1. The molecule has 1 atom stereocenters. The van der Waals surface area contributed by atoms with Crippen molar-refractivity contribution >= 4 is 58.5 Å². The van der Waals surface area contributed by atoms with Crippen molar-refractivity contribution in [3.63, 3.8) is 0 Å². The van der Waals surface area contributed by atoms with Gasteiger partial charge >= 0.3 is 0 Å². The Hall–Kier alpha value is -5.11. The highest BCUT2D eigenvalue weighted by Gasteiger charge is 2.23. The van der Waals surface area contributed by atoms with Crippen LogP contribution in [0.1, 0.15) is 37.9 Å². The number of aryl methyl sites for hydroxylation is 1. The molecule has 5 aromatic carbocycles. The molecular weight excluding hydrogens is 614 g/mol. The second kappa shape index (κ2) is 15.3. The first kappa shape index (κ1) is 32.3. The number of benzene rings is 5. The van der Waals surface area contributed by atoms with E-state index < -0.39 is 11.2 Å². The minimum absolute atomic E-state index is 0.107. The van der Waals surface area contributed by atoms with E-state index >= 15 is 0 Å². The number of amides is 3. The number of anilines is 2. The molecule has 5 aromatic rings. The number of carbonyl (C=O) groups excluding carboxylic acids is 3. The highest BCUT2D eigenvalue weighted by molar-refractivity contribution is 8.00. The van der Waals surface area contributed by atoms with Crippen LogP contribution in [0.25, 0.3) is 6.08 Å². The van der Waals surface area contributed by atoms with Crippen LogP contribution in [0.3, 0.4) is 0 Å². The fraction of sp³-hybridized carbons (Fsp3) is 0.0789. The van der Waals surface area contributed by atoms with Gasteiger partial charge in [-0.2, -0.15) is 0 Å². The van der Waals surface area contributed by atoms with Crippen molar-refractivity contribution in [2.75, 3.05) is 10.6 Å². The first-order chi connectivity index (χ1) is 22.3. The summed E-state index contributed by atoms with van der Waals surface area (Å²) in [5, 5.41) is 8.72. The summed E-state index contributed by atoms with van der Waals surface area (Å²) in [6.45, 7) is 3.83. The molecule has 0 fully saturated rings. The molecule has 0 spiro atoms. The van der Waals surface area contributed by atoms with Gasteiger partial charge in [-0.05, 0) is 85.1 Å². The number of halogens is 1. The second-order valence-electron chi connectivity index (χ2n) is 10.6. The van der Waals surface area contributed by atoms with E-state index in [0.29, 0.717) is 22.0 Å². The summed E-state index contributed by atoms with van der Waals surface area (Å²) in [7, 11) is 0. The molecule has 0 aliphatic heterocycles. The minimum atomic E-state index is -0.544. The highest BCUT2D eigenvalue weighted by atomic mass is 35.5. The topological polar surface area (TPSA) is 87.3 Å². The maximum absolute atomic E-state index is 13.6. The van der Waals surface area contributed by atoms with Crippen molar-refractivity contribution < 1.29 is 14.4 Å². The van der Waals surface area contributed by atoms with Gasteiger partial charge < -0.3 is 16.0 Å². The van der Waals surface area contributed by atoms with Crippen LogP contribution in [0.4, 0.5) is 11.4 Å². The standard InChI is InChI=1S/C38H32ClN3O3S/c1-25-11-9-12-27(23-25)24-34(42-36(43)29-15-7-4-8-16-29)37(44)40-30-19-21-31(22-20-30)46-35(28-13-5-3-6-14-28)38(45)41-33-18-10-17-32(39)26(33)2/h3-24,35H,1-2H3,(H,40,44)(H,41,45)(H,42,43)/b34-24-. The lowest BCUT2D eigenvalue weighted by Crippen LogP contribution is -2.30. The molecule has 0 saturated carbocycles. The predicted octanol–water partition coefficient (Wildman–Crippen LogP) is 8.84. The molecule has 0 radical (unpaired) electrons. The van der Waals surface area contributed by atoms with E-state index in [1.54, 1.807) is 54.6 Å². The molecule has 8 heteroatoms. The van der Waals surface area contributed by atoms with E-state index in [1.165, 1.54) is 11.8 Å². The smallest absolute Gasteiger partial charge is 0.272 e. The third-order valence-electron chi connectivity index (χ3n) is 7.11. The molecule has 3 amide bonds. The van der Waals surface area contributed by atoms with E-state index in [2.05, 4.69) is 16.0 Å². The predicted molar refractivity (Wildman–Crippen MR) is 188 cm³/mol. The molecule has 5 rings (SSSR count). The van der Waals surface area contributed by atoms with Crippen molar-refractivity contribution in [2.45, 2.75) is 24.0 Å². The van der Waals surface area contributed by atoms with Crippen LogP contribution in [0.15, 0.2) is 138 Å². The Kier molecular flexibility index (Phi) is 10.7. The van der Waals surface area contributed by atoms with Crippen LogP contribution < -0.4 is 16.0 Å². The summed E-state index contributed by atoms with van der Waals surface area (Å²) in [5.41, 5.74) is 5.20. The summed E-state index contributed by atoms with van der Waals surface area (Å²) in [4.78, 5) is 40.8. The van der Waals surface area contributed by atoms with E-state index in [-0.39, 0.29) is 17.5 Å². The Balaban J connectivity index is 1.33. The summed E-state index contributed by atoms with van der Waals surface area (Å²) < 4.78 is 0. The van der Waals surface area contributed by atoms with Gasteiger partial charge in [0.2, 0.25) is 5.91 Å². The Bertz CT molecular complexity index is 1880.